The molecule has 9 heteroatoms. The second kappa shape index (κ2) is 5.65. The normalized spacial score (nSPS) is 16.9. The molecule has 0 saturated carbocycles. The van der Waals surface area contributed by atoms with Crippen molar-refractivity contribution in [3.63, 3.8) is 0 Å². The molecule has 1 N–H and O–H groups in total. The van der Waals surface area contributed by atoms with Crippen molar-refractivity contribution >= 4 is 26.6 Å². The van der Waals surface area contributed by atoms with E-state index in [4.69, 9.17) is 4.42 Å². The van der Waals surface area contributed by atoms with Crippen LogP contribution in [0.5, 0.6) is 0 Å². The number of rotatable bonds is 4. The molecule has 0 aliphatic carbocycles. The van der Waals surface area contributed by atoms with E-state index in [1.165, 1.54) is 18.2 Å². The number of benzene rings is 1. The van der Waals surface area contributed by atoms with Gasteiger partial charge in [-0.15, -0.1) is 0 Å². The van der Waals surface area contributed by atoms with Gasteiger partial charge in [-0.25, -0.2) is 8.42 Å². The van der Waals surface area contributed by atoms with E-state index in [2.05, 4.69) is 10.3 Å². The van der Waals surface area contributed by atoms with Gasteiger partial charge in [0.1, 0.15) is 5.52 Å². The highest BCUT2D eigenvalue weighted by molar-refractivity contribution is 7.91. The monoisotopic (exact) mass is 325 g/mol. The van der Waals surface area contributed by atoms with Gasteiger partial charge < -0.3 is 9.73 Å². The van der Waals surface area contributed by atoms with E-state index in [0.717, 1.165) is 25.9 Å². The zero-order valence-electron chi connectivity index (χ0n) is 11.7. The third-order valence-electron chi connectivity index (χ3n) is 3.74. The van der Waals surface area contributed by atoms with Crippen LogP contribution in [-0.2, 0) is 9.84 Å². The fourth-order valence-electron chi connectivity index (χ4n) is 2.57. The van der Waals surface area contributed by atoms with E-state index in [9.17, 15) is 18.5 Å². The summed E-state index contributed by atoms with van der Waals surface area (Å²) in [4.78, 5) is 14.1. The fourth-order valence-corrected chi connectivity index (χ4v) is 4.12. The van der Waals surface area contributed by atoms with Gasteiger partial charge in [0.25, 0.3) is 5.69 Å². The molecule has 0 amide bonds. The first-order valence-corrected chi connectivity index (χ1v) is 8.59. The van der Waals surface area contributed by atoms with Crippen LogP contribution in [0.4, 0.5) is 5.69 Å². The van der Waals surface area contributed by atoms with Crippen molar-refractivity contribution in [1.29, 1.82) is 0 Å². The van der Waals surface area contributed by atoms with Crippen LogP contribution in [-0.4, -0.2) is 37.2 Å². The van der Waals surface area contributed by atoms with E-state index >= 15 is 0 Å². The number of non-ortho nitro benzene ring substituents is 1. The molecule has 8 nitrogen and oxygen atoms in total. The van der Waals surface area contributed by atoms with Crippen molar-refractivity contribution in [2.24, 2.45) is 5.92 Å². The molecule has 0 unspecified atom stereocenters. The Morgan fingerprint density at radius 2 is 2.09 bits per heavy atom. The van der Waals surface area contributed by atoms with E-state index in [-0.39, 0.29) is 33.7 Å². The summed E-state index contributed by atoms with van der Waals surface area (Å²) in [6.45, 7) is 1.61. The lowest BCUT2D eigenvalue weighted by molar-refractivity contribution is -0.384. The molecule has 2 aromatic rings. The van der Waals surface area contributed by atoms with E-state index in [1.807, 2.05) is 0 Å². The fraction of sp³-hybridized carbons (Fsp3) is 0.462. The second-order valence-corrected chi connectivity index (χ2v) is 7.28. The van der Waals surface area contributed by atoms with Gasteiger partial charge in [0, 0.05) is 12.1 Å². The maximum absolute atomic E-state index is 12.4. The van der Waals surface area contributed by atoms with E-state index < -0.39 is 14.8 Å². The molecule has 1 aliphatic heterocycles. The van der Waals surface area contributed by atoms with E-state index in [1.54, 1.807) is 0 Å². The summed E-state index contributed by atoms with van der Waals surface area (Å²) in [5.74, 6) is 0.0689. The third kappa shape index (κ3) is 2.95. The number of fused-ring (bicyclic) bond motifs is 1. The van der Waals surface area contributed by atoms with Gasteiger partial charge in [-0.2, -0.15) is 4.98 Å². The van der Waals surface area contributed by atoms with Crippen LogP contribution in [0, 0.1) is 16.0 Å². The van der Waals surface area contributed by atoms with Crippen LogP contribution in [0.25, 0.3) is 11.1 Å². The molecular formula is C13H15N3O5S. The first-order chi connectivity index (χ1) is 10.5. The summed E-state index contributed by atoms with van der Waals surface area (Å²) >= 11 is 0. The topological polar surface area (TPSA) is 115 Å². The number of sulfone groups is 1. The summed E-state index contributed by atoms with van der Waals surface area (Å²) in [7, 11) is -3.63. The molecule has 3 rings (SSSR count). The van der Waals surface area contributed by atoms with Crippen molar-refractivity contribution < 1.29 is 17.8 Å². The maximum atomic E-state index is 12.4. The number of aromatic nitrogens is 1. The number of piperidine rings is 1. The summed E-state index contributed by atoms with van der Waals surface area (Å²) in [6.07, 6.45) is 1.59. The highest BCUT2D eigenvalue weighted by Crippen LogP contribution is 2.25. The van der Waals surface area contributed by atoms with Crippen LogP contribution in [0.15, 0.2) is 27.8 Å². The second-order valence-electron chi connectivity index (χ2n) is 5.36. The first kappa shape index (κ1) is 14.9. The Hall–Kier alpha value is -2.00. The predicted molar refractivity (Wildman–Crippen MR) is 78.3 cm³/mol. The highest BCUT2D eigenvalue weighted by Gasteiger charge is 2.27. The Kier molecular flexibility index (Phi) is 3.83. The Morgan fingerprint density at radius 1 is 1.36 bits per heavy atom. The smallest absolute Gasteiger partial charge is 0.316 e. The third-order valence-corrected chi connectivity index (χ3v) is 5.36. The highest BCUT2D eigenvalue weighted by atomic mass is 32.2. The van der Waals surface area contributed by atoms with Crippen LogP contribution >= 0.6 is 0 Å². The predicted octanol–water partition coefficient (Wildman–Crippen LogP) is 1.51. The van der Waals surface area contributed by atoms with Crippen molar-refractivity contribution in [3.8, 4) is 0 Å². The largest absolute Gasteiger partial charge is 0.428 e. The summed E-state index contributed by atoms with van der Waals surface area (Å²) < 4.78 is 30.0. The Bertz CT molecular complexity index is 808. The zero-order chi connectivity index (χ0) is 15.7. The lowest BCUT2D eigenvalue weighted by Gasteiger charge is -2.21. The van der Waals surface area contributed by atoms with Gasteiger partial charge in [0.05, 0.1) is 10.7 Å². The minimum absolute atomic E-state index is 0.0103. The number of nitro benzene ring substituents is 1. The van der Waals surface area contributed by atoms with Crippen LogP contribution in [0.1, 0.15) is 12.8 Å². The van der Waals surface area contributed by atoms with Gasteiger partial charge in [0.15, 0.2) is 5.58 Å². The zero-order valence-corrected chi connectivity index (χ0v) is 12.5. The molecule has 0 spiro atoms. The van der Waals surface area contributed by atoms with Gasteiger partial charge >= 0.3 is 5.22 Å². The molecule has 1 aromatic heterocycles. The number of hydrogen-bond donors (Lipinski definition) is 1. The molecule has 0 radical (unpaired) electrons. The lowest BCUT2D eigenvalue weighted by atomic mass is 10.0. The number of hydrogen-bond acceptors (Lipinski definition) is 7. The maximum Gasteiger partial charge on any atom is 0.316 e. The van der Waals surface area contributed by atoms with Crippen molar-refractivity contribution in [3.05, 3.63) is 28.3 Å². The quantitative estimate of drug-likeness (QED) is 0.669. The number of nitrogens with one attached hydrogen (secondary N) is 1. The number of oxazole rings is 1. The Balaban J connectivity index is 1.89. The van der Waals surface area contributed by atoms with Gasteiger partial charge in [-0.05, 0) is 37.9 Å². The minimum Gasteiger partial charge on any atom is -0.428 e. The first-order valence-electron chi connectivity index (χ1n) is 6.94. The summed E-state index contributed by atoms with van der Waals surface area (Å²) in [5.41, 5.74) is 0.260. The average Bonchev–Trinajstić information content (AvgIpc) is 2.91. The van der Waals surface area contributed by atoms with Gasteiger partial charge in [-0.3, -0.25) is 10.1 Å². The minimum atomic E-state index is -3.63. The molecule has 1 aliphatic rings. The van der Waals surface area contributed by atoms with Crippen molar-refractivity contribution in [2.45, 2.75) is 18.1 Å². The number of nitrogens with zero attached hydrogens (tertiary/aromatic N) is 2. The average molecular weight is 325 g/mol. The van der Waals surface area contributed by atoms with E-state index in [0.29, 0.717) is 0 Å². The summed E-state index contributed by atoms with van der Waals surface area (Å²) in [6, 6.07) is 3.84. The molecule has 2 heterocycles. The van der Waals surface area contributed by atoms with Gasteiger partial charge in [-0.1, -0.05) is 0 Å². The molecule has 1 saturated heterocycles. The summed E-state index contributed by atoms with van der Waals surface area (Å²) in [5, 5.41) is 13.6. The lowest BCUT2D eigenvalue weighted by Crippen LogP contribution is -2.31. The Labute approximate surface area is 126 Å². The van der Waals surface area contributed by atoms with Crippen LogP contribution < -0.4 is 5.32 Å². The van der Waals surface area contributed by atoms with Crippen LogP contribution in [0.3, 0.4) is 0 Å². The molecular weight excluding hydrogens is 310 g/mol. The standard InChI is InChI=1S/C13H15N3O5S/c17-16(18)10-1-2-12-11(7-10)15-13(21-12)22(19,20)8-9-3-5-14-6-4-9/h1-2,7,9,14H,3-6,8H2. The molecule has 118 valence electrons. The Morgan fingerprint density at radius 3 is 2.77 bits per heavy atom. The molecule has 1 aromatic carbocycles. The van der Waals surface area contributed by atoms with Crippen molar-refractivity contribution in [1.82, 2.24) is 10.3 Å². The van der Waals surface area contributed by atoms with Gasteiger partial charge in [0.2, 0.25) is 9.84 Å². The number of nitro groups is 1. The molecule has 0 bridgehead atoms. The molecule has 0 atom stereocenters. The molecule has 22 heavy (non-hydrogen) atoms. The van der Waals surface area contributed by atoms with Crippen molar-refractivity contribution in [2.75, 3.05) is 18.8 Å². The molecule has 1 fully saturated rings. The van der Waals surface area contributed by atoms with Crippen LogP contribution in [0.2, 0.25) is 0 Å². The SMILES string of the molecule is O=[N+]([O-])c1ccc2oc(S(=O)(=O)CC3CCNCC3)nc2c1.